The van der Waals surface area contributed by atoms with Crippen LogP contribution in [0.25, 0.3) is 0 Å². The van der Waals surface area contributed by atoms with Gasteiger partial charge in [0.05, 0.1) is 16.7 Å². The minimum absolute atomic E-state index is 0.107. The summed E-state index contributed by atoms with van der Waals surface area (Å²) in [6.45, 7) is 11.6. The number of carbonyl (C=O) groups is 1. The Kier molecular flexibility index (Phi) is 6.31. The number of amides is 1. The summed E-state index contributed by atoms with van der Waals surface area (Å²) in [5.41, 5.74) is -0.764. The van der Waals surface area contributed by atoms with Gasteiger partial charge < -0.3 is 9.64 Å². The van der Waals surface area contributed by atoms with Crippen LogP contribution in [0.1, 0.15) is 51.4 Å². The summed E-state index contributed by atoms with van der Waals surface area (Å²) in [5, 5.41) is 0. The van der Waals surface area contributed by atoms with Crippen LogP contribution >= 0.6 is 11.9 Å². The van der Waals surface area contributed by atoms with Gasteiger partial charge in [0.15, 0.2) is 0 Å². The van der Waals surface area contributed by atoms with Crippen LogP contribution in [0.4, 0.5) is 13.2 Å². The molecular formula is C23H32F3N3O2S. The fourth-order valence-corrected chi connectivity index (χ4v) is 6.99. The number of hydrogen-bond donors (Lipinski definition) is 0. The van der Waals surface area contributed by atoms with Crippen molar-refractivity contribution in [2.45, 2.75) is 63.6 Å². The van der Waals surface area contributed by atoms with Gasteiger partial charge in [-0.1, -0.05) is 13.8 Å². The molecule has 5 heterocycles. The predicted octanol–water partition coefficient (Wildman–Crippen LogP) is 4.79. The third-order valence-electron chi connectivity index (χ3n) is 7.20. The largest absolute Gasteiger partial charge is 0.433 e. The number of halogens is 3. The molecule has 1 amide bonds. The zero-order chi connectivity index (χ0) is 23.3. The van der Waals surface area contributed by atoms with E-state index in [1.807, 2.05) is 13.8 Å². The summed E-state index contributed by atoms with van der Waals surface area (Å²) < 4.78 is 46.5. The van der Waals surface area contributed by atoms with Gasteiger partial charge in [0.25, 0.3) is 0 Å². The SMILES string of the molecule is CC.Cc1nc(C(F)(F)F)ccc1SN1CC2CN(C(=O)C34CCOC(C)(C3)C4)CC2C1. The van der Waals surface area contributed by atoms with Gasteiger partial charge in [-0.25, -0.2) is 9.29 Å². The average Bonchev–Trinajstić information content (AvgIpc) is 3.27. The van der Waals surface area contributed by atoms with E-state index in [0.717, 1.165) is 56.4 Å². The van der Waals surface area contributed by atoms with Crippen molar-refractivity contribution in [2.75, 3.05) is 32.8 Å². The van der Waals surface area contributed by atoms with E-state index in [0.29, 0.717) is 30.0 Å². The number of fused-ring (bicyclic) bond motifs is 3. The molecule has 1 aromatic heterocycles. The number of rotatable bonds is 3. The zero-order valence-electron chi connectivity index (χ0n) is 19.2. The molecule has 5 aliphatic rings. The number of aromatic nitrogens is 1. The lowest BCUT2D eigenvalue weighted by atomic mass is 9.56. The summed E-state index contributed by atoms with van der Waals surface area (Å²) >= 11 is 1.48. The van der Waals surface area contributed by atoms with Crippen LogP contribution in [0.3, 0.4) is 0 Å². The quantitative estimate of drug-likeness (QED) is 0.593. The molecule has 6 rings (SSSR count). The smallest absolute Gasteiger partial charge is 0.375 e. The molecule has 4 aliphatic heterocycles. The highest BCUT2D eigenvalue weighted by Gasteiger charge is 2.61. The molecule has 1 aromatic rings. The van der Waals surface area contributed by atoms with Crippen LogP contribution in [-0.4, -0.2) is 58.5 Å². The van der Waals surface area contributed by atoms with E-state index in [1.54, 1.807) is 6.92 Å². The predicted molar refractivity (Wildman–Crippen MR) is 117 cm³/mol. The van der Waals surface area contributed by atoms with Crippen LogP contribution in [0.2, 0.25) is 0 Å². The molecule has 4 saturated heterocycles. The van der Waals surface area contributed by atoms with E-state index in [4.69, 9.17) is 4.74 Å². The number of aryl methyl sites for hydroxylation is 1. The van der Waals surface area contributed by atoms with Crippen molar-refractivity contribution in [2.24, 2.45) is 17.3 Å². The summed E-state index contributed by atoms with van der Waals surface area (Å²) in [7, 11) is 0. The fraction of sp³-hybridized carbons (Fsp3) is 0.739. The molecular weight excluding hydrogens is 439 g/mol. The topological polar surface area (TPSA) is 45.7 Å². The van der Waals surface area contributed by atoms with Gasteiger partial charge in [0, 0.05) is 37.7 Å². The Hall–Kier alpha value is -1.32. The van der Waals surface area contributed by atoms with Gasteiger partial charge in [0.1, 0.15) is 5.69 Å². The van der Waals surface area contributed by atoms with E-state index in [9.17, 15) is 18.0 Å². The van der Waals surface area contributed by atoms with E-state index in [1.165, 1.54) is 18.0 Å². The maximum absolute atomic E-state index is 13.2. The van der Waals surface area contributed by atoms with Crippen LogP contribution < -0.4 is 0 Å². The minimum atomic E-state index is -4.42. The first-order valence-electron chi connectivity index (χ1n) is 11.5. The molecule has 0 aromatic carbocycles. The number of pyridine rings is 1. The normalized spacial score (nSPS) is 33.9. The van der Waals surface area contributed by atoms with Gasteiger partial charge in [-0.05, 0) is 69.0 Å². The molecule has 1 aliphatic carbocycles. The number of nitrogens with zero attached hydrogens (tertiary/aromatic N) is 3. The van der Waals surface area contributed by atoms with Crippen LogP contribution in [0.15, 0.2) is 17.0 Å². The monoisotopic (exact) mass is 471 g/mol. The Labute approximate surface area is 192 Å². The van der Waals surface area contributed by atoms with E-state index < -0.39 is 11.9 Å². The zero-order valence-corrected chi connectivity index (χ0v) is 20.0. The van der Waals surface area contributed by atoms with Crippen LogP contribution in [0.5, 0.6) is 0 Å². The van der Waals surface area contributed by atoms with Crippen molar-refractivity contribution in [3.8, 4) is 0 Å². The van der Waals surface area contributed by atoms with E-state index in [2.05, 4.69) is 21.1 Å². The molecule has 1 saturated carbocycles. The van der Waals surface area contributed by atoms with Crippen molar-refractivity contribution in [3.05, 3.63) is 23.5 Å². The van der Waals surface area contributed by atoms with Crippen molar-refractivity contribution in [1.29, 1.82) is 0 Å². The highest BCUT2D eigenvalue weighted by molar-refractivity contribution is 7.97. The molecule has 2 unspecified atom stereocenters. The number of ether oxygens (including phenoxy) is 1. The summed E-state index contributed by atoms with van der Waals surface area (Å²) in [6.07, 6.45) is -1.91. The fourth-order valence-electron chi connectivity index (χ4n) is 5.88. The Morgan fingerprint density at radius 3 is 2.31 bits per heavy atom. The average molecular weight is 472 g/mol. The van der Waals surface area contributed by atoms with Crippen molar-refractivity contribution >= 4 is 17.9 Å². The second-order valence-electron chi connectivity index (χ2n) is 9.63. The Morgan fingerprint density at radius 1 is 1.16 bits per heavy atom. The molecule has 0 spiro atoms. The standard InChI is InChI=1S/C21H26F3N3O2S.C2H6/c1-13-16(3-4-17(25-13)21(22,23)24)30-27-9-14-7-26(8-15(14)10-27)18(28)20-5-6-29-19(2,11-20)12-20;1-2/h3-4,14-15H,5-12H2,1-2H3;1-2H3. The molecule has 5 nitrogen and oxygen atoms in total. The molecule has 32 heavy (non-hydrogen) atoms. The maximum atomic E-state index is 13.2. The Bertz CT molecular complexity index is 859. The first-order valence-corrected chi connectivity index (χ1v) is 12.3. The number of hydrogen-bond acceptors (Lipinski definition) is 5. The maximum Gasteiger partial charge on any atom is 0.433 e. The first-order chi connectivity index (χ1) is 15.1. The molecule has 0 N–H and O–H groups in total. The van der Waals surface area contributed by atoms with Crippen molar-refractivity contribution < 1.29 is 22.7 Å². The van der Waals surface area contributed by atoms with Crippen molar-refractivity contribution in [1.82, 2.24) is 14.2 Å². The summed E-state index contributed by atoms with van der Waals surface area (Å²) in [5.74, 6) is 1.15. The number of alkyl halides is 3. The van der Waals surface area contributed by atoms with Gasteiger partial charge in [-0.2, -0.15) is 13.2 Å². The van der Waals surface area contributed by atoms with Crippen LogP contribution in [-0.2, 0) is 15.7 Å². The highest BCUT2D eigenvalue weighted by atomic mass is 32.2. The Morgan fingerprint density at radius 2 is 1.78 bits per heavy atom. The molecule has 178 valence electrons. The molecule has 9 heteroatoms. The van der Waals surface area contributed by atoms with Crippen molar-refractivity contribution in [3.63, 3.8) is 0 Å². The third kappa shape index (κ3) is 4.28. The van der Waals surface area contributed by atoms with Crippen LogP contribution in [0, 0.1) is 24.2 Å². The number of carbonyl (C=O) groups excluding carboxylic acids is 1. The molecule has 0 radical (unpaired) electrons. The lowest BCUT2D eigenvalue weighted by molar-refractivity contribution is -0.220. The van der Waals surface area contributed by atoms with Gasteiger partial charge >= 0.3 is 6.18 Å². The lowest BCUT2D eigenvalue weighted by Gasteiger charge is -2.58. The second kappa shape index (κ2) is 8.47. The summed E-state index contributed by atoms with van der Waals surface area (Å²) in [4.78, 5) is 19.8. The van der Waals surface area contributed by atoms with E-state index >= 15 is 0 Å². The lowest BCUT2D eigenvalue weighted by Crippen LogP contribution is -2.63. The van der Waals surface area contributed by atoms with Gasteiger partial charge in [-0.15, -0.1) is 0 Å². The van der Waals surface area contributed by atoms with Gasteiger partial charge in [0.2, 0.25) is 5.91 Å². The first kappa shape index (κ1) is 23.8. The second-order valence-corrected chi connectivity index (χ2v) is 10.8. The molecule has 2 bridgehead atoms. The van der Waals surface area contributed by atoms with E-state index in [-0.39, 0.29) is 11.0 Å². The van der Waals surface area contributed by atoms with Gasteiger partial charge in [-0.3, -0.25) is 4.79 Å². The summed E-state index contributed by atoms with van der Waals surface area (Å²) in [6, 6.07) is 2.56. The minimum Gasteiger partial charge on any atom is -0.375 e. The Balaban J connectivity index is 0.00000119. The number of likely N-dealkylation sites (tertiary alicyclic amines) is 1. The third-order valence-corrected chi connectivity index (χ3v) is 8.39. The molecule has 2 atom stereocenters. The molecule has 5 fully saturated rings. The highest BCUT2D eigenvalue weighted by Crippen LogP contribution is 2.57.